The molecule has 0 N–H and O–H groups in total. The van der Waals surface area contributed by atoms with Crippen LogP contribution in [0.15, 0.2) is 54.3 Å². The zero-order valence-corrected chi connectivity index (χ0v) is 20.4. The Kier molecular flexibility index (Phi) is 6.26. The van der Waals surface area contributed by atoms with Crippen LogP contribution < -0.4 is 14.2 Å². The van der Waals surface area contributed by atoms with E-state index in [1.54, 1.807) is 12.1 Å². The summed E-state index contributed by atoms with van der Waals surface area (Å²) in [4.78, 5) is 15.3. The molecule has 0 spiro atoms. The number of benzene rings is 3. The van der Waals surface area contributed by atoms with Crippen LogP contribution in [0.5, 0.6) is 17.2 Å². The van der Waals surface area contributed by atoms with Crippen molar-refractivity contribution in [3.63, 3.8) is 0 Å². The number of nitrogens with zero attached hydrogens (tertiary/aromatic N) is 1. The Labute approximate surface area is 208 Å². The quantitative estimate of drug-likeness (QED) is 0.370. The lowest BCUT2D eigenvalue weighted by atomic mass is 10.00. The number of allylic oxidation sites excluding steroid dienone is 1. The van der Waals surface area contributed by atoms with E-state index in [2.05, 4.69) is 4.90 Å². The van der Waals surface area contributed by atoms with Crippen molar-refractivity contribution in [1.29, 1.82) is 0 Å². The predicted molar refractivity (Wildman–Crippen MR) is 133 cm³/mol. The first kappa shape index (κ1) is 22.8. The molecule has 7 heteroatoms. The molecular weight excluding hydrogens is 473 g/mol. The van der Waals surface area contributed by atoms with Crippen LogP contribution in [0.25, 0.3) is 6.08 Å². The number of Topliss-reactive ketones (excluding diaryl/α,β-unsaturated/α-hetero) is 1. The van der Waals surface area contributed by atoms with E-state index in [1.807, 2.05) is 56.3 Å². The van der Waals surface area contributed by atoms with Gasteiger partial charge in [-0.05, 0) is 61.4 Å². The van der Waals surface area contributed by atoms with E-state index in [0.717, 1.165) is 33.8 Å². The average Bonchev–Trinajstić information content (AvgIpc) is 3.13. The van der Waals surface area contributed by atoms with Crippen LogP contribution in [-0.2, 0) is 13.1 Å². The van der Waals surface area contributed by atoms with Gasteiger partial charge in [0, 0.05) is 34.3 Å². The van der Waals surface area contributed by atoms with E-state index in [-0.39, 0.29) is 5.78 Å². The van der Waals surface area contributed by atoms with E-state index in [0.29, 0.717) is 53.5 Å². The number of fused-ring (bicyclic) bond motifs is 2. The molecule has 5 rings (SSSR count). The number of halogens is 2. The number of hydrogen-bond acceptors (Lipinski definition) is 5. The maximum absolute atomic E-state index is 13.2. The first-order chi connectivity index (χ1) is 16.4. The highest BCUT2D eigenvalue weighted by molar-refractivity contribution is 6.35. The van der Waals surface area contributed by atoms with Crippen molar-refractivity contribution >= 4 is 35.1 Å². The molecule has 0 bridgehead atoms. The second-order valence-electron chi connectivity index (χ2n) is 8.30. The fourth-order valence-electron chi connectivity index (χ4n) is 4.27. The summed E-state index contributed by atoms with van der Waals surface area (Å²) in [6.07, 6.45) is 1.76. The summed E-state index contributed by atoms with van der Waals surface area (Å²) in [6.45, 7) is 6.13. The van der Waals surface area contributed by atoms with E-state index >= 15 is 0 Å². The zero-order valence-electron chi connectivity index (χ0n) is 18.9. The Morgan fingerprint density at radius 3 is 2.62 bits per heavy atom. The lowest BCUT2D eigenvalue weighted by molar-refractivity contribution is 0.0877. The van der Waals surface area contributed by atoms with E-state index in [1.165, 1.54) is 0 Å². The molecule has 0 amide bonds. The van der Waals surface area contributed by atoms with Crippen LogP contribution in [0.3, 0.4) is 0 Å². The van der Waals surface area contributed by atoms with Crippen molar-refractivity contribution < 1.29 is 19.0 Å². The van der Waals surface area contributed by atoms with Crippen molar-refractivity contribution in [3.05, 3.63) is 92.2 Å². The molecule has 0 aliphatic carbocycles. The maximum atomic E-state index is 13.2. The average molecular weight is 496 g/mol. The Balaban J connectivity index is 1.38. The molecule has 34 heavy (non-hydrogen) atoms. The van der Waals surface area contributed by atoms with Crippen molar-refractivity contribution in [2.45, 2.75) is 26.9 Å². The summed E-state index contributed by atoms with van der Waals surface area (Å²) in [5, 5.41) is 1.23. The first-order valence-electron chi connectivity index (χ1n) is 11.1. The highest BCUT2D eigenvalue weighted by Gasteiger charge is 2.33. The Bertz CT molecular complexity index is 1300. The molecular formula is C27H23Cl2NO4. The second-order valence-corrected chi connectivity index (χ2v) is 9.15. The fourth-order valence-corrected chi connectivity index (χ4v) is 4.74. The van der Waals surface area contributed by atoms with Crippen LogP contribution in [0.4, 0.5) is 0 Å². The monoisotopic (exact) mass is 495 g/mol. The largest absolute Gasteiger partial charge is 0.494 e. The molecule has 0 fully saturated rings. The minimum atomic E-state index is -0.132. The molecule has 2 heterocycles. The van der Waals surface area contributed by atoms with Gasteiger partial charge in [0.1, 0.15) is 24.0 Å². The third-order valence-electron chi connectivity index (χ3n) is 5.90. The van der Waals surface area contributed by atoms with Crippen LogP contribution in [0.1, 0.15) is 39.5 Å². The number of carbonyl (C=O) groups is 1. The molecule has 2 aliphatic heterocycles. The van der Waals surface area contributed by atoms with Gasteiger partial charge in [-0.15, -0.1) is 0 Å². The minimum Gasteiger partial charge on any atom is -0.494 e. The number of rotatable bonds is 5. The van der Waals surface area contributed by atoms with Gasteiger partial charge in [-0.2, -0.15) is 0 Å². The van der Waals surface area contributed by atoms with Gasteiger partial charge in [-0.3, -0.25) is 9.69 Å². The smallest absolute Gasteiger partial charge is 0.231 e. The van der Waals surface area contributed by atoms with Crippen molar-refractivity contribution in [3.8, 4) is 17.2 Å². The summed E-state index contributed by atoms with van der Waals surface area (Å²) in [5.74, 6) is 2.29. The lowest BCUT2D eigenvalue weighted by Gasteiger charge is -2.30. The molecule has 0 atom stereocenters. The Hall–Kier alpha value is -2.99. The van der Waals surface area contributed by atoms with Crippen LogP contribution in [0.2, 0.25) is 10.0 Å². The molecule has 174 valence electrons. The lowest BCUT2D eigenvalue weighted by Crippen LogP contribution is -2.32. The van der Waals surface area contributed by atoms with Gasteiger partial charge < -0.3 is 14.2 Å². The van der Waals surface area contributed by atoms with Gasteiger partial charge in [-0.25, -0.2) is 0 Å². The van der Waals surface area contributed by atoms with E-state index in [4.69, 9.17) is 37.4 Å². The molecule has 0 saturated heterocycles. The maximum Gasteiger partial charge on any atom is 0.231 e. The van der Waals surface area contributed by atoms with Crippen LogP contribution >= 0.6 is 23.2 Å². The topological polar surface area (TPSA) is 48.0 Å². The van der Waals surface area contributed by atoms with Gasteiger partial charge in [0.2, 0.25) is 5.78 Å². The molecule has 0 unspecified atom stereocenters. The highest BCUT2D eigenvalue weighted by Crippen LogP contribution is 2.43. The zero-order chi connectivity index (χ0) is 23.8. The summed E-state index contributed by atoms with van der Waals surface area (Å²) in [6, 6.07) is 14.9. The number of carbonyl (C=O) groups excluding carboxylic acids is 1. The first-order valence-corrected chi connectivity index (χ1v) is 11.8. The predicted octanol–water partition coefficient (Wildman–Crippen LogP) is 6.67. The third kappa shape index (κ3) is 4.39. The normalized spacial score (nSPS) is 16.1. The standard InChI is InChI=1S/C27H23Cl2NO4/c1-3-32-21-8-4-17(5-9-21)10-24-25(31)22-11-19-14-30(13-18-6-7-20(28)12-23(18)29)15-33-26(19)16(2)27(22)34-24/h4-12H,3,13-15H2,1-2H3/b24-10-. The SMILES string of the molecule is CCOc1ccc(/C=C2\Oc3c(cc4c(c3C)OCN(Cc3ccc(Cl)cc3Cl)C4)C2=O)cc1. The molecule has 3 aromatic rings. The summed E-state index contributed by atoms with van der Waals surface area (Å²) in [7, 11) is 0. The van der Waals surface area contributed by atoms with Crippen molar-refractivity contribution in [2.24, 2.45) is 0 Å². The number of ether oxygens (including phenoxy) is 3. The summed E-state index contributed by atoms with van der Waals surface area (Å²) >= 11 is 12.4. The second kappa shape index (κ2) is 9.34. The fraction of sp³-hybridized carbons (Fsp3) is 0.222. The third-order valence-corrected chi connectivity index (χ3v) is 6.49. The summed E-state index contributed by atoms with van der Waals surface area (Å²) < 4.78 is 17.6. The van der Waals surface area contributed by atoms with Gasteiger partial charge >= 0.3 is 0 Å². The molecule has 0 saturated carbocycles. The highest BCUT2D eigenvalue weighted by atomic mass is 35.5. The van der Waals surface area contributed by atoms with Crippen molar-refractivity contribution in [2.75, 3.05) is 13.3 Å². The van der Waals surface area contributed by atoms with Crippen molar-refractivity contribution in [1.82, 2.24) is 4.90 Å². The van der Waals surface area contributed by atoms with Crippen LogP contribution in [-0.4, -0.2) is 24.0 Å². The molecule has 3 aromatic carbocycles. The van der Waals surface area contributed by atoms with Gasteiger partial charge in [0.15, 0.2) is 5.76 Å². The molecule has 2 aliphatic rings. The Morgan fingerprint density at radius 1 is 1.09 bits per heavy atom. The molecule has 0 aromatic heterocycles. The Morgan fingerprint density at radius 2 is 1.88 bits per heavy atom. The number of ketones is 1. The summed E-state index contributed by atoms with van der Waals surface area (Å²) in [5.41, 5.74) is 4.18. The van der Waals surface area contributed by atoms with E-state index in [9.17, 15) is 4.79 Å². The number of hydrogen-bond donors (Lipinski definition) is 0. The van der Waals surface area contributed by atoms with E-state index < -0.39 is 0 Å². The molecule has 5 nitrogen and oxygen atoms in total. The molecule has 0 radical (unpaired) electrons. The van der Waals surface area contributed by atoms with Gasteiger partial charge in [-0.1, -0.05) is 41.4 Å². The van der Waals surface area contributed by atoms with Crippen LogP contribution in [0, 0.1) is 6.92 Å². The minimum absolute atomic E-state index is 0.132. The van der Waals surface area contributed by atoms with Gasteiger partial charge in [0.25, 0.3) is 0 Å². The van der Waals surface area contributed by atoms with Gasteiger partial charge in [0.05, 0.1) is 12.2 Å².